The number of ether oxygens (including phenoxy) is 5. The van der Waals surface area contributed by atoms with E-state index < -0.39 is 5.41 Å². The first kappa shape index (κ1) is 40.0. The number of carbonyl (C=O) groups is 1. The van der Waals surface area contributed by atoms with Crippen LogP contribution in [0, 0.1) is 21.7 Å². The van der Waals surface area contributed by atoms with Gasteiger partial charge in [0.05, 0.1) is 40.0 Å². The Morgan fingerprint density at radius 2 is 1.15 bits per heavy atom. The molecule has 0 saturated heterocycles. The molecule has 264 valence electrons. The van der Waals surface area contributed by atoms with Crippen molar-refractivity contribution in [2.24, 2.45) is 16.2 Å². The van der Waals surface area contributed by atoms with Crippen molar-refractivity contribution in [3.05, 3.63) is 47.5 Å². The van der Waals surface area contributed by atoms with Gasteiger partial charge in [0, 0.05) is 12.1 Å². The summed E-state index contributed by atoms with van der Waals surface area (Å²) >= 11 is 0. The van der Waals surface area contributed by atoms with E-state index >= 15 is 0 Å². The van der Waals surface area contributed by atoms with E-state index in [1.54, 1.807) is 21.3 Å². The van der Waals surface area contributed by atoms with Gasteiger partial charge in [-0.1, -0.05) is 92.6 Å². The first-order valence-electron chi connectivity index (χ1n) is 17.4. The fraction of sp³-hybridized carbons (Fsp3) is 0.650. The first-order valence-corrected chi connectivity index (χ1v) is 17.4. The Bertz CT molecular complexity index is 1260. The van der Waals surface area contributed by atoms with Gasteiger partial charge < -0.3 is 29.1 Å². The lowest BCUT2D eigenvalue weighted by atomic mass is 9.61. The standard InChI is InChI=1S/C40H63NO6/c1-38(2,3)29-40(7,39(4,5)6)37(42)47-25-19-17-15-13-11-12-14-16-18-24-46-34-22-20-30(27-35(34)44-9)26-32(41)31-21-23-33(43-8)36(28-31)45-10/h20-23,27-28,41H,11-19,24-26,29H2,1-10H3. The van der Waals surface area contributed by atoms with Gasteiger partial charge in [-0.3, -0.25) is 4.79 Å². The topological polar surface area (TPSA) is 87.1 Å². The summed E-state index contributed by atoms with van der Waals surface area (Å²) in [5.74, 6) is 2.62. The number of hydrogen-bond donors (Lipinski definition) is 1. The van der Waals surface area contributed by atoms with Gasteiger partial charge >= 0.3 is 5.97 Å². The summed E-state index contributed by atoms with van der Waals surface area (Å²) in [6.07, 6.45) is 11.5. The predicted molar refractivity (Wildman–Crippen MR) is 193 cm³/mol. The van der Waals surface area contributed by atoms with Crippen LogP contribution in [0.1, 0.15) is 124 Å². The third kappa shape index (κ3) is 13.1. The highest BCUT2D eigenvalue weighted by Gasteiger charge is 2.47. The van der Waals surface area contributed by atoms with Crippen LogP contribution >= 0.6 is 0 Å². The molecular formula is C40H63NO6. The molecule has 2 aromatic rings. The summed E-state index contributed by atoms with van der Waals surface area (Å²) < 4.78 is 28.1. The maximum absolute atomic E-state index is 13.1. The van der Waals surface area contributed by atoms with E-state index in [0.29, 0.717) is 42.6 Å². The zero-order valence-corrected chi connectivity index (χ0v) is 31.1. The van der Waals surface area contributed by atoms with Crippen molar-refractivity contribution in [1.82, 2.24) is 0 Å². The van der Waals surface area contributed by atoms with Crippen LogP contribution in [0.4, 0.5) is 0 Å². The van der Waals surface area contributed by atoms with Gasteiger partial charge in [0.2, 0.25) is 0 Å². The van der Waals surface area contributed by atoms with E-state index in [1.165, 1.54) is 32.1 Å². The van der Waals surface area contributed by atoms with E-state index in [4.69, 9.17) is 29.1 Å². The maximum atomic E-state index is 13.1. The van der Waals surface area contributed by atoms with Crippen LogP contribution in [0.25, 0.3) is 0 Å². The minimum absolute atomic E-state index is 0.0526. The molecule has 0 bridgehead atoms. The molecular weight excluding hydrogens is 590 g/mol. The lowest BCUT2D eigenvalue weighted by molar-refractivity contribution is -0.164. The van der Waals surface area contributed by atoms with Gasteiger partial charge in [0.1, 0.15) is 0 Å². The summed E-state index contributed by atoms with van der Waals surface area (Å²) in [6.45, 7) is 16.2. The summed E-state index contributed by atoms with van der Waals surface area (Å²) in [5, 5.41) is 8.59. The van der Waals surface area contributed by atoms with Crippen molar-refractivity contribution in [2.75, 3.05) is 34.5 Å². The second-order valence-corrected chi connectivity index (χ2v) is 15.2. The Morgan fingerprint density at radius 3 is 1.68 bits per heavy atom. The summed E-state index contributed by atoms with van der Waals surface area (Å²) in [5.41, 5.74) is 1.68. The number of unbranched alkanes of at least 4 members (excludes halogenated alkanes) is 8. The Balaban J connectivity index is 1.61. The fourth-order valence-corrected chi connectivity index (χ4v) is 5.92. The number of nitrogens with one attached hydrogen (secondary N) is 1. The van der Waals surface area contributed by atoms with Crippen LogP contribution in [0.15, 0.2) is 36.4 Å². The van der Waals surface area contributed by atoms with Crippen LogP contribution in [0.2, 0.25) is 0 Å². The molecule has 0 aliphatic heterocycles. The normalized spacial score (nSPS) is 13.1. The number of carbonyl (C=O) groups excluding carboxylic acids is 1. The predicted octanol–water partition coefficient (Wildman–Crippen LogP) is 10.2. The quantitative estimate of drug-likeness (QED) is 0.0820. The molecule has 2 aromatic carbocycles. The van der Waals surface area contributed by atoms with E-state index in [1.807, 2.05) is 36.4 Å². The minimum atomic E-state index is -0.493. The number of esters is 1. The van der Waals surface area contributed by atoms with Crippen molar-refractivity contribution in [1.29, 1.82) is 5.41 Å². The third-order valence-electron chi connectivity index (χ3n) is 9.11. The number of hydrogen-bond acceptors (Lipinski definition) is 7. The molecule has 0 aliphatic rings. The molecule has 1 N–H and O–H groups in total. The summed E-state index contributed by atoms with van der Waals surface area (Å²) in [7, 11) is 4.84. The van der Waals surface area contributed by atoms with Crippen molar-refractivity contribution in [3.8, 4) is 23.0 Å². The van der Waals surface area contributed by atoms with Gasteiger partial charge in [-0.05, 0) is 78.5 Å². The molecule has 0 heterocycles. The van der Waals surface area contributed by atoms with Gasteiger partial charge in [-0.15, -0.1) is 0 Å². The van der Waals surface area contributed by atoms with E-state index in [0.717, 1.165) is 49.0 Å². The van der Waals surface area contributed by atoms with Crippen molar-refractivity contribution in [2.45, 2.75) is 119 Å². The molecule has 2 rings (SSSR count). The molecule has 0 spiro atoms. The molecule has 7 nitrogen and oxygen atoms in total. The third-order valence-corrected chi connectivity index (χ3v) is 9.11. The van der Waals surface area contributed by atoms with E-state index in [-0.39, 0.29) is 16.8 Å². The zero-order chi connectivity index (χ0) is 35.1. The molecule has 0 radical (unpaired) electrons. The van der Waals surface area contributed by atoms with Gasteiger partial charge in [0.15, 0.2) is 23.0 Å². The van der Waals surface area contributed by atoms with Crippen LogP contribution in [0.3, 0.4) is 0 Å². The highest BCUT2D eigenvalue weighted by molar-refractivity contribution is 6.00. The average molecular weight is 654 g/mol. The van der Waals surface area contributed by atoms with Gasteiger partial charge in [-0.25, -0.2) is 0 Å². The second-order valence-electron chi connectivity index (χ2n) is 15.2. The molecule has 0 saturated carbocycles. The Labute approximate surface area is 285 Å². The number of methoxy groups -OCH3 is 3. The van der Waals surface area contributed by atoms with Gasteiger partial charge in [0.25, 0.3) is 0 Å². The average Bonchev–Trinajstić information content (AvgIpc) is 3.01. The Hall–Kier alpha value is -3.22. The maximum Gasteiger partial charge on any atom is 0.312 e. The van der Waals surface area contributed by atoms with Crippen molar-refractivity contribution in [3.63, 3.8) is 0 Å². The highest BCUT2D eigenvalue weighted by Crippen LogP contribution is 2.47. The molecule has 1 atom stereocenters. The summed E-state index contributed by atoms with van der Waals surface area (Å²) in [4.78, 5) is 13.1. The molecule has 0 fully saturated rings. The van der Waals surface area contributed by atoms with Gasteiger partial charge in [-0.2, -0.15) is 0 Å². The smallest absolute Gasteiger partial charge is 0.312 e. The number of rotatable bonds is 21. The Kier molecular flexibility index (Phi) is 16.1. The number of benzene rings is 2. The largest absolute Gasteiger partial charge is 0.493 e. The minimum Gasteiger partial charge on any atom is -0.493 e. The van der Waals surface area contributed by atoms with E-state index in [2.05, 4.69) is 48.5 Å². The molecule has 0 aromatic heterocycles. The van der Waals surface area contributed by atoms with E-state index in [9.17, 15) is 4.79 Å². The zero-order valence-electron chi connectivity index (χ0n) is 31.1. The monoisotopic (exact) mass is 653 g/mol. The molecule has 0 amide bonds. The SMILES string of the molecule is COc1ccc(C(=N)Cc2ccc(OCCCCCCCCCCCOC(=O)C(C)(CC(C)(C)C)C(C)(C)C)c(OC)c2)cc1OC. The molecule has 47 heavy (non-hydrogen) atoms. The van der Waals surface area contributed by atoms with Crippen molar-refractivity contribution >= 4 is 11.7 Å². The van der Waals surface area contributed by atoms with Crippen molar-refractivity contribution < 1.29 is 28.5 Å². The first-order chi connectivity index (χ1) is 22.1. The summed E-state index contributed by atoms with van der Waals surface area (Å²) in [6, 6.07) is 11.4. The molecule has 0 aliphatic carbocycles. The highest BCUT2D eigenvalue weighted by atomic mass is 16.5. The lowest BCUT2D eigenvalue weighted by Gasteiger charge is -2.43. The van der Waals surface area contributed by atoms with Crippen LogP contribution < -0.4 is 18.9 Å². The second kappa shape index (κ2) is 18.9. The van der Waals surface area contributed by atoms with Crippen LogP contribution in [-0.4, -0.2) is 46.2 Å². The Morgan fingerprint density at radius 1 is 0.638 bits per heavy atom. The molecule has 7 heteroatoms. The molecule has 1 unspecified atom stereocenters. The van der Waals surface area contributed by atoms with Crippen LogP contribution in [-0.2, 0) is 16.0 Å². The van der Waals surface area contributed by atoms with Crippen LogP contribution in [0.5, 0.6) is 23.0 Å². The lowest BCUT2D eigenvalue weighted by Crippen LogP contribution is -2.44. The fourth-order valence-electron chi connectivity index (χ4n) is 5.92.